The van der Waals surface area contributed by atoms with Gasteiger partial charge in [0.1, 0.15) is 5.69 Å². The second-order valence-electron chi connectivity index (χ2n) is 8.37. The standard InChI is InChI=1S/C23H31N5O2/c1-18-7-5-8-19(15-18)17-27-12-6-13-28-21(23(27)30)16-20(25-28)22(29)24-9-14-26-10-3-2-4-11-26/h5,7-8,15-16H,2-4,6,9-14,17H2,1H3,(H,24,29). The molecule has 7 nitrogen and oxygen atoms in total. The number of carbonyl (C=O) groups is 2. The van der Waals surface area contributed by atoms with E-state index in [0.717, 1.165) is 31.6 Å². The summed E-state index contributed by atoms with van der Waals surface area (Å²) < 4.78 is 1.69. The Kier molecular flexibility index (Phi) is 6.47. The molecule has 2 aliphatic heterocycles. The molecule has 0 radical (unpaired) electrons. The van der Waals surface area contributed by atoms with Gasteiger partial charge in [0.25, 0.3) is 11.8 Å². The molecule has 0 atom stereocenters. The smallest absolute Gasteiger partial charge is 0.272 e. The van der Waals surface area contributed by atoms with Gasteiger partial charge in [-0.1, -0.05) is 36.2 Å². The number of carbonyl (C=O) groups excluding carboxylic acids is 2. The largest absolute Gasteiger partial charge is 0.349 e. The minimum Gasteiger partial charge on any atom is -0.349 e. The predicted molar refractivity (Wildman–Crippen MR) is 115 cm³/mol. The first-order valence-corrected chi connectivity index (χ1v) is 11.0. The third-order valence-electron chi connectivity index (χ3n) is 5.94. The molecule has 1 saturated heterocycles. The Morgan fingerprint density at radius 2 is 1.90 bits per heavy atom. The summed E-state index contributed by atoms with van der Waals surface area (Å²) in [7, 11) is 0. The summed E-state index contributed by atoms with van der Waals surface area (Å²) in [5.74, 6) is -0.264. The summed E-state index contributed by atoms with van der Waals surface area (Å²) in [6, 6.07) is 9.87. The summed E-state index contributed by atoms with van der Waals surface area (Å²) in [5.41, 5.74) is 3.13. The lowest BCUT2D eigenvalue weighted by Gasteiger charge is -2.26. The molecule has 7 heteroatoms. The average Bonchev–Trinajstić information content (AvgIpc) is 3.12. The van der Waals surface area contributed by atoms with E-state index in [4.69, 9.17) is 0 Å². The average molecular weight is 410 g/mol. The molecule has 1 N–H and O–H groups in total. The van der Waals surface area contributed by atoms with Crippen molar-refractivity contribution in [1.29, 1.82) is 0 Å². The van der Waals surface area contributed by atoms with Crippen LogP contribution in [0.25, 0.3) is 0 Å². The van der Waals surface area contributed by atoms with E-state index in [-0.39, 0.29) is 11.8 Å². The second kappa shape index (κ2) is 9.43. The van der Waals surface area contributed by atoms with Crippen molar-refractivity contribution in [3.05, 3.63) is 52.8 Å². The van der Waals surface area contributed by atoms with Crippen LogP contribution >= 0.6 is 0 Å². The van der Waals surface area contributed by atoms with Crippen LogP contribution in [0.15, 0.2) is 30.3 Å². The Labute approximate surface area is 178 Å². The zero-order valence-electron chi connectivity index (χ0n) is 17.8. The lowest BCUT2D eigenvalue weighted by Crippen LogP contribution is -2.37. The van der Waals surface area contributed by atoms with Gasteiger partial charge in [-0.2, -0.15) is 5.10 Å². The fourth-order valence-corrected chi connectivity index (χ4v) is 4.33. The molecule has 3 heterocycles. The van der Waals surface area contributed by atoms with Crippen molar-refractivity contribution in [2.24, 2.45) is 0 Å². The topological polar surface area (TPSA) is 70.5 Å². The Morgan fingerprint density at radius 3 is 2.70 bits per heavy atom. The lowest BCUT2D eigenvalue weighted by molar-refractivity contribution is 0.0745. The number of hydrogen-bond acceptors (Lipinski definition) is 4. The van der Waals surface area contributed by atoms with Crippen LogP contribution < -0.4 is 5.32 Å². The molecule has 0 spiro atoms. The number of aryl methyl sites for hydroxylation is 2. The molecule has 0 unspecified atom stereocenters. The molecule has 0 bridgehead atoms. The van der Waals surface area contributed by atoms with Crippen LogP contribution in [0.3, 0.4) is 0 Å². The van der Waals surface area contributed by atoms with Gasteiger partial charge in [0, 0.05) is 38.8 Å². The first kappa shape index (κ1) is 20.6. The minimum absolute atomic E-state index is 0.0612. The van der Waals surface area contributed by atoms with Gasteiger partial charge in [0.05, 0.1) is 0 Å². The second-order valence-corrected chi connectivity index (χ2v) is 8.37. The molecule has 2 amide bonds. The number of amides is 2. The maximum absolute atomic E-state index is 13.1. The highest BCUT2D eigenvalue weighted by atomic mass is 16.2. The number of benzene rings is 1. The van der Waals surface area contributed by atoms with Crippen molar-refractivity contribution in [2.45, 2.75) is 45.7 Å². The maximum Gasteiger partial charge on any atom is 0.272 e. The molecular weight excluding hydrogens is 378 g/mol. The number of piperidine rings is 1. The third-order valence-corrected chi connectivity index (χ3v) is 5.94. The Morgan fingerprint density at radius 1 is 1.07 bits per heavy atom. The van der Waals surface area contributed by atoms with Gasteiger partial charge in [-0.25, -0.2) is 0 Å². The molecule has 1 aromatic heterocycles. The quantitative estimate of drug-likeness (QED) is 0.796. The van der Waals surface area contributed by atoms with Gasteiger partial charge in [0.2, 0.25) is 0 Å². The van der Waals surface area contributed by atoms with E-state index < -0.39 is 0 Å². The normalized spacial score (nSPS) is 17.5. The number of aromatic nitrogens is 2. The fraction of sp³-hybridized carbons (Fsp3) is 0.522. The zero-order chi connectivity index (χ0) is 20.9. The zero-order valence-corrected chi connectivity index (χ0v) is 17.8. The van der Waals surface area contributed by atoms with Gasteiger partial charge in [-0.3, -0.25) is 14.3 Å². The van der Waals surface area contributed by atoms with Crippen LogP contribution in [0.5, 0.6) is 0 Å². The van der Waals surface area contributed by atoms with Crippen LogP contribution in [0.1, 0.15) is 57.8 Å². The summed E-state index contributed by atoms with van der Waals surface area (Å²) in [6.45, 7) is 7.65. The van der Waals surface area contributed by atoms with Gasteiger partial charge in [0.15, 0.2) is 5.69 Å². The SMILES string of the molecule is Cc1cccc(CN2CCCn3nc(C(=O)NCCN4CCCCC4)cc3C2=O)c1. The van der Waals surface area contributed by atoms with Gasteiger partial charge >= 0.3 is 0 Å². The van der Waals surface area contributed by atoms with Crippen molar-refractivity contribution in [2.75, 3.05) is 32.7 Å². The van der Waals surface area contributed by atoms with E-state index in [1.807, 2.05) is 17.0 Å². The third kappa shape index (κ3) is 4.90. The van der Waals surface area contributed by atoms with Crippen molar-refractivity contribution >= 4 is 11.8 Å². The Balaban J connectivity index is 1.38. The lowest BCUT2D eigenvalue weighted by atomic mass is 10.1. The van der Waals surface area contributed by atoms with Crippen LogP contribution in [0.4, 0.5) is 0 Å². The number of hydrogen-bond donors (Lipinski definition) is 1. The highest BCUT2D eigenvalue weighted by molar-refractivity contribution is 5.98. The summed E-state index contributed by atoms with van der Waals surface area (Å²) in [6.07, 6.45) is 4.60. The molecule has 2 aromatic rings. The van der Waals surface area contributed by atoms with Crippen molar-refractivity contribution in [1.82, 2.24) is 24.9 Å². The molecule has 1 aromatic carbocycles. The van der Waals surface area contributed by atoms with E-state index >= 15 is 0 Å². The van der Waals surface area contributed by atoms with Crippen LogP contribution in [-0.2, 0) is 13.1 Å². The molecule has 1 fully saturated rings. The highest BCUT2D eigenvalue weighted by Gasteiger charge is 2.26. The van der Waals surface area contributed by atoms with Crippen LogP contribution in [0.2, 0.25) is 0 Å². The molecule has 0 saturated carbocycles. The molecule has 2 aliphatic rings. The Hall–Kier alpha value is -2.67. The first-order chi connectivity index (χ1) is 14.6. The van der Waals surface area contributed by atoms with Gasteiger partial charge in [-0.05, 0) is 44.8 Å². The number of nitrogens with one attached hydrogen (secondary N) is 1. The van der Waals surface area contributed by atoms with E-state index in [2.05, 4.69) is 34.4 Å². The van der Waals surface area contributed by atoms with E-state index in [1.54, 1.807) is 10.7 Å². The molecule has 30 heavy (non-hydrogen) atoms. The molecular formula is C23H31N5O2. The van der Waals surface area contributed by atoms with E-state index in [0.29, 0.717) is 37.6 Å². The fourth-order valence-electron chi connectivity index (χ4n) is 4.33. The molecule has 0 aliphatic carbocycles. The number of likely N-dealkylation sites (tertiary alicyclic amines) is 1. The molecule has 160 valence electrons. The van der Waals surface area contributed by atoms with Crippen LogP contribution in [-0.4, -0.2) is 64.1 Å². The number of nitrogens with zero attached hydrogens (tertiary/aromatic N) is 4. The van der Waals surface area contributed by atoms with Crippen molar-refractivity contribution in [3.8, 4) is 0 Å². The Bertz CT molecular complexity index is 901. The maximum atomic E-state index is 13.1. The van der Waals surface area contributed by atoms with Crippen molar-refractivity contribution in [3.63, 3.8) is 0 Å². The predicted octanol–water partition coefficient (Wildman–Crippen LogP) is 2.45. The number of fused-ring (bicyclic) bond motifs is 1. The number of rotatable bonds is 6. The minimum atomic E-state index is -0.203. The molecule has 4 rings (SSSR count). The first-order valence-electron chi connectivity index (χ1n) is 11.0. The summed E-state index contributed by atoms with van der Waals surface area (Å²) in [4.78, 5) is 29.9. The van der Waals surface area contributed by atoms with E-state index in [1.165, 1.54) is 24.8 Å². The van der Waals surface area contributed by atoms with E-state index in [9.17, 15) is 9.59 Å². The van der Waals surface area contributed by atoms with Crippen molar-refractivity contribution < 1.29 is 9.59 Å². The summed E-state index contributed by atoms with van der Waals surface area (Å²) >= 11 is 0. The highest BCUT2D eigenvalue weighted by Crippen LogP contribution is 2.17. The monoisotopic (exact) mass is 409 g/mol. The van der Waals surface area contributed by atoms with Gasteiger partial charge < -0.3 is 15.1 Å². The summed E-state index contributed by atoms with van der Waals surface area (Å²) in [5, 5.41) is 7.39. The van der Waals surface area contributed by atoms with Crippen LogP contribution in [0, 0.1) is 6.92 Å². The van der Waals surface area contributed by atoms with Gasteiger partial charge in [-0.15, -0.1) is 0 Å².